The Balaban J connectivity index is 1.38. The van der Waals surface area contributed by atoms with Crippen molar-refractivity contribution in [2.24, 2.45) is 5.92 Å². The van der Waals surface area contributed by atoms with Crippen LogP contribution >= 0.6 is 23.2 Å². The average molecular weight is 378 g/mol. The maximum atomic E-state index is 12.7. The van der Waals surface area contributed by atoms with Crippen LogP contribution in [0.5, 0.6) is 0 Å². The number of halogens is 2. The topological polar surface area (TPSA) is 56.1 Å². The van der Waals surface area contributed by atoms with E-state index in [1.54, 1.807) is 6.07 Å². The van der Waals surface area contributed by atoms with Crippen molar-refractivity contribution < 1.29 is 4.79 Å². The van der Waals surface area contributed by atoms with Gasteiger partial charge in [0.05, 0.1) is 12.1 Å². The summed E-state index contributed by atoms with van der Waals surface area (Å²) in [7, 11) is 0. The third-order valence-electron chi connectivity index (χ3n) is 6.18. The Bertz CT molecular complexity index is 732. The fourth-order valence-corrected chi connectivity index (χ4v) is 5.38. The number of hydrogen-bond donors (Lipinski definition) is 1. The molecule has 1 aromatic carbocycles. The van der Waals surface area contributed by atoms with Crippen LogP contribution in [0.15, 0.2) is 18.2 Å². The van der Waals surface area contributed by atoms with Gasteiger partial charge in [0.15, 0.2) is 6.19 Å². The van der Waals surface area contributed by atoms with Gasteiger partial charge in [-0.1, -0.05) is 23.2 Å². The number of rotatable bonds is 3. The lowest BCUT2D eigenvalue weighted by Crippen LogP contribution is -2.45. The van der Waals surface area contributed by atoms with Gasteiger partial charge < -0.3 is 10.2 Å². The average Bonchev–Trinajstić information content (AvgIpc) is 3.30. The summed E-state index contributed by atoms with van der Waals surface area (Å²) in [6.07, 6.45) is 7.93. The standard InChI is InChI=1S/C19H21Cl2N3O/c20-13-3-5-16(21)15(8-13)11-1-2-12(7-11)19(25)23-17-9-14-4-6-18(17)24(14)10-22/h3,5,8,11-12,14,17-18H,1-2,4,6-7,9H2,(H,23,25)/t11-,12-,14+,17-,18-/m1/s1. The monoisotopic (exact) mass is 377 g/mol. The summed E-state index contributed by atoms with van der Waals surface area (Å²) in [5.74, 6) is 0.448. The first-order valence-electron chi connectivity index (χ1n) is 9.00. The Morgan fingerprint density at radius 3 is 2.80 bits per heavy atom. The second-order valence-corrected chi connectivity index (χ2v) is 8.37. The van der Waals surface area contributed by atoms with Crippen molar-refractivity contribution in [3.63, 3.8) is 0 Å². The molecule has 2 bridgehead atoms. The SMILES string of the molecule is N#CN1[C@H]2CC[C@@H]1[C@H](NC(=O)[C@@H]1CC[C@@H](c3cc(Cl)ccc3Cl)C1)C2. The summed E-state index contributed by atoms with van der Waals surface area (Å²) in [4.78, 5) is 14.6. The zero-order chi connectivity index (χ0) is 17.6. The molecule has 1 aromatic rings. The Morgan fingerprint density at radius 1 is 1.20 bits per heavy atom. The van der Waals surface area contributed by atoms with E-state index >= 15 is 0 Å². The fourth-order valence-electron chi connectivity index (χ4n) is 4.93. The van der Waals surface area contributed by atoms with Crippen LogP contribution in [-0.2, 0) is 4.79 Å². The number of benzene rings is 1. The minimum Gasteiger partial charge on any atom is -0.351 e. The lowest BCUT2D eigenvalue weighted by atomic mass is 9.93. The van der Waals surface area contributed by atoms with Gasteiger partial charge in [0.1, 0.15) is 0 Å². The van der Waals surface area contributed by atoms with Gasteiger partial charge in [-0.25, -0.2) is 0 Å². The van der Waals surface area contributed by atoms with Gasteiger partial charge in [-0.2, -0.15) is 5.26 Å². The van der Waals surface area contributed by atoms with Gasteiger partial charge in [0.25, 0.3) is 0 Å². The molecule has 4 nitrogen and oxygen atoms in total. The lowest BCUT2D eigenvalue weighted by Gasteiger charge is -2.23. The minimum absolute atomic E-state index is 0.0229. The normalized spacial score (nSPS) is 33.5. The van der Waals surface area contributed by atoms with E-state index in [-0.39, 0.29) is 29.8 Å². The molecule has 0 aromatic heterocycles. The molecular formula is C19H21Cl2N3O. The number of hydrogen-bond acceptors (Lipinski definition) is 3. The number of nitrogens with zero attached hydrogens (tertiary/aromatic N) is 2. The van der Waals surface area contributed by atoms with Crippen molar-refractivity contribution in [1.29, 1.82) is 5.26 Å². The van der Waals surface area contributed by atoms with E-state index in [1.807, 2.05) is 17.0 Å². The molecule has 2 heterocycles. The Labute approximate surface area is 158 Å². The molecule has 2 aliphatic heterocycles. The molecule has 0 radical (unpaired) electrons. The third-order valence-corrected chi connectivity index (χ3v) is 6.76. The molecule has 4 rings (SSSR count). The highest BCUT2D eigenvalue weighted by molar-refractivity contribution is 6.33. The molecule has 6 heteroatoms. The molecule has 1 N–H and O–H groups in total. The van der Waals surface area contributed by atoms with Gasteiger partial charge in [0.2, 0.25) is 5.91 Å². The molecule has 2 saturated heterocycles. The minimum atomic E-state index is 0.0229. The van der Waals surface area contributed by atoms with Gasteiger partial charge in [-0.3, -0.25) is 4.79 Å². The molecular weight excluding hydrogens is 357 g/mol. The molecule has 1 amide bonds. The number of nitriles is 1. The van der Waals surface area contributed by atoms with Crippen LogP contribution in [0.1, 0.15) is 50.0 Å². The predicted molar refractivity (Wildman–Crippen MR) is 97.4 cm³/mol. The highest BCUT2D eigenvalue weighted by atomic mass is 35.5. The second kappa shape index (κ2) is 6.70. The lowest BCUT2D eigenvalue weighted by molar-refractivity contribution is -0.125. The zero-order valence-corrected chi connectivity index (χ0v) is 15.4. The van der Waals surface area contributed by atoms with Gasteiger partial charge in [-0.15, -0.1) is 0 Å². The number of fused-ring (bicyclic) bond motifs is 2. The number of carbonyl (C=O) groups is 1. The molecule has 1 saturated carbocycles. The Kier molecular flexibility index (Phi) is 4.56. The van der Waals surface area contributed by atoms with Crippen LogP contribution < -0.4 is 5.32 Å². The molecule has 0 unspecified atom stereocenters. The largest absolute Gasteiger partial charge is 0.351 e. The summed E-state index contributed by atoms with van der Waals surface area (Å²) >= 11 is 12.4. The predicted octanol–water partition coefficient (Wildman–Crippen LogP) is 4.08. The molecule has 1 aliphatic carbocycles. The highest BCUT2D eigenvalue weighted by Gasteiger charge is 2.47. The summed E-state index contributed by atoms with van der Waals surface area (Å²) in [5, 5.41) is 13.9. The van der Waals surface area contributed by atoms with Crippen molar-refractivity contribution in [2.45, 2.75) is 62.6 Å². The van der Waals surface area contributed by atoms with Crippen molar-refractivity contribution in [1.82, 2.24) is 10.2 Å². The van der Waals surface area contributed by atoms with Crippen LogP contribution in [0, 0.1) is 17.4 Å². The molecule has 5 atom stereocenters. The van der Waals surface area contributed by atoms with E-state index in [2.05, 4.69) is 11.5 Å². The van der Waals surface area contributed by atoms with E-state index in [0.717, 1.165) is 49.1 Å². The highest BCUT2D eigenvalue weighted by Crippen LogP contribution is 2.42. The van der Waals surface area contributed by atoms with Crippen molar-refractivity contribution in [3.05, 3.63) is 33.8 Å². The van der Waals surface area contributed by atoms with Gasteiger partial charge in [0, 0.05) is 22.0 Å². The molecule has 132 valence electrons. The van der Waals surface area contributed by atoms with Gasteiger partial charge >= 0.3 is 0 Å². The first kappa shape index (κ1) is 17.0. The first-order chi connectivity index (χ1) is 12.1. The summed E-state index contributed by atoms with van der Waals surface area (Å²) in [6, 6.07) is 6.19. The van der Waals surface area contributed by atoms with E-state index in [1.165, 1.54) is 0 Å². The van der Waals surface area contributed by atoms with Crippen LogP contribution in [0.4, 0.5) is 0 Å². The fraction of sp³-hybridized carbons (Fsp3) is 0.579. The summed E-state index contributed by atoms with van der Waals surface area (Å²) in [5.41, 5.74) is 1.06. The van der Waals surface area contributed by atoms with Crippen molar-refractivity contribution in [3.8, 4) is 6.19 Å². The van der Waals surface area contributed by atoms with Crippen LogP contribution in [0.3, 0.4) is 0 Å². The number of nitrogens with one attached hydrogen (secondary N) is 1. The van der Waals surface area contributed by atoms with Crippen molar-refractivity contribution in [2.75, 3.05) is 0 Å². The number of amides is 1. The third kappa shape index (κ3) is 3.09. The maximum Gasteiger partial charge on any atom is 0.223 e. The molecule has 3 fully saturated rings. The van der Waals surface area contributed by atoms with Crippen LogP contribution in [0.2, 0.25) is 10.0 Å². The quantitative estimate of drug-likeness (QED) is 0.807. The van der Waals surface area contributed by atoms with E-state index in [9.17, 15) is 10.1 Å². The van der Waals surface area contributed by atoms with Crippen molar-refractivity contribution >= 4 is 29.1 Å². The van der Waals surface area contributed by atoms with E-state index in [0.29, 0.717) is 11.1 Å². The Morgan fingerprint density at radius 2 is 2.04 bits per heavy atom. The Hall–Kier alpha value is -1.44. The zero-order valence-electron chi connectivity index (χ0n) is 13.9. The maximum absolute atomic E-state index is 12.7. The van der Waals surface area contributed by atoms with Crippen LogP contribution in [-0.4, -0.2) is 28.9 Å². The summed E-state index contributed by atoms with van der Waals surface area (Å²) in [6.45, 7) is 0. The first-order valence-corrected chi connectivity index (χ1v) is 9.76. The number of carbonyl (C=O) groups excluding carboxylic acids is 1. The van der Waals surface area contributed by atoms with Gasteiger partial charge in [-0.05, 0) is 68.2 Å². The van der Waals surface area contributed by atoms with Crippen LogP contribution in [0.25, 0.3) is 0 Å². The summed E-state index contributed by atoms with van der Waals surface area (Å²) < 4.78 is 0. The van der Waals surface area contributed by atoms with E-state index in [4.69, 9.17) is 23.2 Å². The molecule has 3 aliphatic rings. The molecule has 25 heavy (non-hydrogen) atoms. The smallest absolute Gasteiger partial charge is 0.223 e. The van der Waals surface area contributed by atoms with E-state index < -0.39 is 0 Å². The molecule has 0 spiro atoms. The second-order valence-electron chi connectivity index (χ2n) is 7.53.